The van der Waals surface area contributed by atoms with Crippen LogP contribution in [0.15, 0.2) is 48.9 Å². The lowest BCUT2D eigenvalue weighted by atomic mass is 9.95. The number of hydrogen-bond acceptors (Lipinski definition) is 7. The van der Waals surface area contributed by atoms with Gasteiger partial charge in [0.25, 0.3) is 5.91 Å². The number of alkyl halides is 3. The number of nitrogen functional groups attached to an aromatic ring is 1. The van der Waals surface area contributed by atoms with Crippen molar-refractivity contribution in [1.29, 1.82) is 0 Å². The molecule has 3 aromatic heterocycles. The van der Waals surface area contributed by atoms with E-state index in [4.69, 9.17) is 10.8 Å². The zero-order valence-electron chi connectivity index (χ0n) is 18.4. The van der Waals surface area contributed by atoms with Gasteiger partial charge in [-0.1, -0.05) is 0 Å². The molecule has 1 atom stereocenters. The van der Waals surface area contributed by atoms with Crippen LogP contribution in [0.3, 0.4) is 0 Å². The maximum absolute atomic E-state index is 12.9. The quantitative estimate of drug-likeness (QED) is 0.407. The van der Waals surface area contributed by atoms with Gasteiger partial charge in [0.2, 0.25) is 0 Å². The zero-order chi connectivity index (χ0) is 24.6. The molecule has 4 heterocycles. The molecule has 1 amide bonds. The number of carbonyl (C=O) groups excluding carboxylic acids is 1. The van der Waals surface area contributed by atoms with Crippen molar-refractivity contribution in [3.8, 4) is 5.69 Å². The summed E-state index contributed by atoms with van der Waals surface area (Å²) >= 11 is 0. The molecular weight excluding hydrogens is 461 g/mol. The fourth-order valence-electron chi connectivity index (χ4n) is 4.16. The molecule has 1 aliphatic heterocycles. The molecule has 0 saturated carbocycles. The molecule has 0 bridgehead atoms. The fraction of sp³-hybridized carbons (Fsp3) is 0.261. The highest BCUT2D eigenvalue weighted by molar-refractivity contribution is 6.04. The third-order valence-corrected chi connectivity index (χ3v) is 5.90. The van der Waals surface area contributed by atoms with Crippen LogP contribution in [0.25, 0.3) is 16.7 Å². The summed E-state index contributed by atoms with van der Waals surface area (Å²) in [6.07, 6.45) is -0.112. The maximum Gasteiger partial charge on any atom is 0.416 e. The van der Waals surface area contributed by atoms with Gasteiger partial charge in [-0.05, 0) is 55.8 Å². The van der Waals surface area contributed by atoms with Crippen molar-refractivity contribution in [2.24, 2.45) is 0 Å². The van der Waals surface area contributed by atoms with E-state index in [0.717, 1.165) is 50.0 Å². The largest absolute Gasteiger partial charge is 0.416 e. The Balaban J connectivity index is 1.43. The van der Waals surface area contributed by atoms with E-state index in [-0.39, 0.29) is 23.1 Å². The number of rotatable bonds is 4. The van der Waals surface area contributed by atoms with Gasteiger partial charge in [-0.15, -0.1) is 0 Å². The molecule has 35 heavy (non-hydrogen) atoms. The minimum absolute atomic E-state index is 0.187. The number of piperidine rings is 1. The van der Waals surface area contributed by atoms with E-state index in [1.165, 1.54) is 6.33 Å². The second-order valence-electron chi connectivity index (χ2n) is 8.22. The summed E-state index contributed by atoms with van der Waals surface area (Å²) in [5.74, 6) is -0.310. The van der Waals surface area contributed by atoms with Crippen LogP contribution in [-0.2, 0) is 6.18 Å². The van der Waals surface area contributed by atoms with Crippen molar-refractivity contribution >= 4 is 28.6 Å². The summed E-state index contributed by atoms with van der Waals surface area (Å²) in [6.45, 7) is 1.75. The topological polar surface area (TPSA) is 124 Å². The first kappa shape index (κ1) is 22.7. The lowest BCUT2D eigenvalue weighted by Crippen LogP contribution is -2.28. The molecule has 12 heteroatoms. The van der Waals surface area contributed by atoms with Gasteiger partial charge < -0.3 is 16.4 Å². The number of nitrogens with zero attached hydrogens (tertiary/aromatic N) is 5. The molecule has 0 aliphatic carbocycles. The first-order chi connectivity index (χ1) is 16.8. The number of pyridine rings is 1. The van der Waals surface area contributed by atoms with Gasteiger partial charge in [-0.3, -0.25) is 4.79 Å². The van der Waals surface area contributed by atoms with Gasteiger partial charge in [0.1, 0.15) is 23.2 Å². The van der Waals surface area contributed by atoms with E-state index < -0.39 is 17.6 Å². The Morgan fingerprint density at radius 2 is 1.94 bits per heavy atom. The molecule has 1 fully saturated rings. The highest BCUT2D eigenvalue weighted by Gasteiger charge is 2.31. The SMILES string of the molecule is Nc1ncnc2c(C3CCCNC3)nn(-c3ccc(C(=O)Nc4cc(C(F)(F)F)ccn4)cc3)c12. The van der Waals surface area contributed by atoms with Crippen molar-refractivity contribution in [3.63, 3.8) is 0 Å². The standard InChI is InChI=1S/C23H21F3N8O/c24-23(25,26)15-7-9-29-17(10-15)32-22(35)13-3-5-16(6-4-13)34-20-19(30-12-31-21(20)27)18(33-34)14-2-1-8-28-11-14/h3-7,9-10,12,14,28H,1-2,8,11H2,(H2,27,30,31)(H,29,32,35). The summed E-state index contributed by atoms with van der Waals surface area (Å²) < 4.78 is 40.4. The molecule has 1 saturated heterocycles. The Bertz CT molecular complexity index is 1380. The third kappa shape index (κ3) is 4.52. The molecule has 1 aromatic carbocycles. The van der Waals surface area contributed by atoms with E-state index in [2.05, 4.69) is 25.6 Å². The predicted octanol–water partition coefficient (Wildman–Crippen LogP) is 3.53. The summed E-state index contributed by atoms with van der Waals surface area (Å²) in [5.41, 5.74) is 8.25. The van der Waals surface area contributed by atoms with Crippen LogP contribution < -0.4 is 16.4 Å². The van der Waals surface area contributed by atoms with Gasteiger partial charge in [0.05, 0.1) is 16.9 Å². The lowest BCUT2D eigenvalue weighted by molar-refractivity contribution is -0.137. The summed E-state index contributed by atoms with van der Waals surface area (Å²) in [7, 11) is 0. The van der Waals surface area contributed by atoms with E-state index >= 15 is 0 Å². The van der Waals surface area contributed by atoms with Crippen LogP contribution in [-0.4, -0.2) is 43.7 Å². The Labute approximate surface area is 197 Å². The molecule has 0 radical (unpaired) electrons. The van der Waals surface area contributed by atoms with Gasteiger partial charge in [-0.2, -0.15) is 18.3 Å². The van der Waals surface area contributed by atoms with E-state index in [1.807, 2.05) is 0 Å². The van der Waals surface area contributed by atoms with Crippen LogP contribution in [0.5, 0.6) is 0 Å². The molecule has 180 valence electrons. The number of anilines is 2. The molecule has 1 unspecified atom stereocenters. The van der Waals surface area contributed by atoms with Crippen molar-refractivity contribution < 1.29 is 18.0 Å². The van der Waals surface area contributed by atoms with E-state index in [9.17, 15) is 18.0 Å². The fourth-order valence-corrected chi connectivity index (χ4v) is 4.16. The number of benzene rings is 1. The summed E-state index contributed by atoms with van der Waals surface area (Å²) in [5, 5.41) is 10.6. The summed E-state index contributed by atoms with van der Waals surface area (Å²) in [6, 6.07) is 8.08. The minimum Gasteiger partial charge on any atom is -0.382 e. The number of amides is 1. The van der Waals surface area contributed by atoms with E-state index in [1.54, 1.807) is 28.9 Å². The lowest BCUT2D eigenvalue weighted by Gasteiger charge is -2.20. The van der Waals surface area contributed by atoms with Gasteiger partial charge in [0, 0.05) is 24.2 Å². The average molecular weight is 482 g/mol. The number of nitrogens with one attached hydrogen (secondary N) is 2. The number of carbonyl (C=O) groups is 1. The highest BCUT2D eigenvalue weighted by Crippen LogP contribution is 2.32. The highest BCUT2D eigenvalue weighted by atomic mass is 19.4. The van der Waals surface area contributed by atoms with Crippen LogP contribution in [0.1, 0.15) is 40.4 Å². The number of nitrogens with two attached hydrogens (primary N) is 1. The monoisotopic (exact) mass is 482 g/mol. The number of aromatic nitrogens is 5. The Kier molecular flexibility index (Phi) is 5.81. The van der Waals surface area contributed by atoms with Crippen molar-refractivity contribution in [2.75, 3.05) is 24.1 Å². The zero-order valence-corrected chi connectivity index (χ0v) is 18.4. The second kappa shape index (κ2) is 8.95. The van der Waals surface area contributed by atoms with Crippen molar-refractivity contribution in [3.05, 3.63) is 65.7 Å². The molecule has 4 aromatic rings. The van der Waals surface area contributed by atoms with Gasteiger partial charge in [0.15, 0.2) is 5.82 Å². The average Bonchev–Trinajstić information content (AvgIpc) is 3.25. The number of hydrogen-bond donors (Lipinski definition) is 3. The predicted molar refractivity (Wildman–Crippen MR) is 123 cm³/mol. The Hall–Kier alpha value is -4.06. The molecular formula is C23H21F3N8O. The Morgan fingerprint density at radius 1 is 1.14 bits per heavy atom. The van der Waals surface area contributed by atoms with Crippen LogP contribution in [0.4, 0.5) is 24.8 Å². The van der Waals surface area contributed by atoms with Gasteiger partial charge in [-0.25, -0.2) is 19.6 Å². The normalized spacial score (nSPS) is 16.4. The first-order valence-electron chi connectivity index (χ1n) is 11.0. The van der Waals surface area contributed by atoms with Crippen LogP contribution in [0.2, 0.25) is 0 Å². The molecule has 0 spiro atoms. The van der Waals surface area contributed by atoms with Crippen molar-refractivity contribution in [1.82, 2.24) is 30.0 Å². The molecule has 4 N–H and O–H groups in total. The van der Waals surface area contributed by atoms with Crippen LogP contribution >= 0.6 is 0 Å². The summed E-state index contributed by atoms with van der Waals surface area (Å²) in [4.78, 5) is 24.9. The smallest absolute Gasteiger partial charge is 0.382 e. The molecule has 5 rings (SSSR count). The van der Waals surface area contributed by atoms with Gasteiger partial charge >= 0.3 is 6.18 Å². The third-order valence-electron chi connectivity index (χ3n) is 5.90. The van der Waals surface area contributed by atoms with Crippen LogP contribution in [0, 0.1) is 0 Å². The molecule has 1 aliphatic rings. The van der Waals surface area contributed by atoms with E-state index in [0.29, 0.717) is 16.7 Å². The second-order valence-corrected chi connectivity index (χ2v) is 8.22. The van der Waals surface area contributed by atoms with Crippen molar-refractivity contribution in [2.45, 2.75) is 24.9 Å². The first-order valence-corrected chi connectivity index (χ1v) is 11.0. The minimum atomic E-state index is -4.53. The Morgan fingerprint density at radius 3 is 2.66 bits per heavy atom. The molecule has 9 nitrogen and oxygen atoms in total. The number of halogens is 3. The number of fused-ring (bicyclic) bond motifs is 1. The maximum atomic E-state index is 12.9.